The van der Waals surface area contributed by atoms with Gasteiger partial charge in [0.05, 0.1) is 0 Å². The molecule has 3 heterocycles. The maximum atomic E-state index is 12.5. The van der Waals surface area contributed by atoms with E-state index in [1.54, 1.807) is 6.20 Å². The lowest BCUT2D eigenvalue weighted by molar-refractivity contribution is 0.102. The second-order valence-electron chi connectivity index (χ2n) is 5.94. The molecule has 0 fully saturated rings. The summed E-state index contributed by atoms with van der Waals surface area (Å²) in [5.41, 5.74) is -0.474. The molecule has 0 unspecified atom stereocenters. The minimum absolute atomic E-state index is 0.0550. The van der Waals surface area contributed by atoms with E-state index in [1.165, 1.54) is 33.3 Å². The van der Waals surface area contributed by atoms with Gasteiger partial charge in [0.2, 0.25) is 5.13 Å². The minimum atomic E-state index is -0.574. The van der Waals surface area contributed by atoms with Gasteiger partial charge < -0.3 is 4.74 Å². The minimum Gasteiger partial charge on any atom is -0.483 e. The second-order valence-corrected chi connectivity index (χ2v) is 8.17. The summed E-state index contributed by atoms with van der Waals surface area (Å²) in [5, 5.41) is 11.5. The highest BCUT2D eigenvalue weighted by Gasteiger charge is 2.18. The summed E-state index contributed by atoms with van der Waals surface area (Å²) < 4.78 is 7.18. The number of ether oxygens (including phenoxy) is 1. The van der Waals surface area contributed by atoms with E-state index in [0.717, 1.165) is 4.88 Å². The van der Waals surface area contributed by atoms with Crippen molar-refractivity contribution in [2.45, 2.75) is 20.0 Å². The number of hydrogen-bond acceptors (Lipinski definition) is 8. The molecular formula is C18H15N5O3S2. The number of nitrogens with zero attached hydrogens (tertiary/aromatic N) is 4. The Bertz CT molecular complexity index is 1200. The molecule has 0 aliphatic heterocycles. The number of thiazole rings is 1. The number of para-hydroxylation sites is 1. The number of aromatic nitrogens is 4. The molecule has 1 aromatic carbocycles. The van der Waals surface area contributed by atoms with Gasteiger partial charge >= 0.3 is 0 Å². The highest BCUT2D eigenvalue weighted by atomic mass is 32.1. The number of hydrogen-bond donors (Lipinski definition) is 1. The van der Waals surface area contributed by atoms with E-state index in [9.17, 15) is 9.59 Å². The first kappa shape index (κ1) is 18.3. The topological polar surface area (TPSA) is 98.5 Å². The normalized spacial score (nSPS) is 12.1. The van der Waals surface area contributed by atoms with Crippen LogP contribution in [0.15, 0.2) is 47.5 Å². The summed E-state index contributed by atoms with van der Waals surface area (Å²) in [7, 11) is 0. The number of anilines is 1. The van der Waals surface area contributed by atoms with Gasteiger partial charge in [-0.3, -0.25) is 19.3 Å². The summed E-state index contributed by atoms with van der Waals surface area (Å²) in [6, 6.07) is 9.37. The Morgan fingerprint density at radius 2 is 2.00 bits per heavy atom. The van der Waals surface area contributed by atoms with Gasteiger partial charge in [-0.15, -0.1) is 21.5 Å². The summed E-state index contributed by atoms with van der Waals surface area (Å²) in [5.74, 6) is 0.143. The van der Waals surface area contributed by atoms with Gasteiger partial charge in [-0.2, -0.15) is 0 Å². The van der Waals surface area contributed by atoms with Gasteiger partial charge in [-0.25, -0.2) is 4.98 Å². The molecule has 1 atom stereocenters. The Morgan fingerprint density at radius 3 is 2.79 bits per heavy atom. The van der Waals surface area contributed by atoms with Crippen LogP contribution < -0.4 is 15.6 Å². The average molecular weight is 413 g/mol. The molecule has 4 rings (SSSR count). The van der Waals surface area contributed by atoms with Gasteiger partial charge in [0, 0.05) is 17.3 Å². The molecule has 0 saturated heterocycles. The van der Waals surface area contributed by atoms with Crippen LogP contribution in [0.5, 0.6) is 5.75 Å². The zero-order valence-corrected chi connectivity index (χ0v) is 16.6. The molecule has 3 aromatic heterocycles. The Kier molecular flexibility index (Phi) is 4.88. The predicted molar refractivity (Wildman–Crippen MR) is 107 cm³/mol. The van der Waals surface area contributed by atoms with Crippen molar-refractivity contribution in [1.82, 2.24) is 19.6 Å². The number of benzene rings is 1. The molecule has 0 aliphatic rings. The number of amides is 1. The smallest absolute Gasteiger partial charge is 0.271 e. The van der Waals surface area contributed by atoms with E-state index in [-0.39, 0.29) is 16.8 Å². The van der Waals surface area contributed by atoms with Crippen molar-refractivity contribution in [2.24, 2.45) is 0 Å². The van der Waals surface area contributed by atoms with Crippen molar-refractivity contribution in [3.05, 3.63) is 68.5 Å². The monoisotopic (exact) mass is 413 g/mol. The maximum Gasteiger partial charge on any atom is 0.271 e. The molecule has 0 aliphatic carbocycles. The highest BCUT2D eigenvalue weighted by molar-refractivity contribution is 7.17. The summed E-state index contributed by atoms with van der Waals surface area (Å²) >= 11 is 2.57. The average Bonchev–Trinajstić information content (AvgIpc) is 3.29. The fraction of sp³-hybridized carbons (Fsp3) is 0.167. The van der Waals surface area contributed by atoms with Gasteiger partial charge in [-0.05, 0) is 26.0 Å². The number of fused-ring (bicyclic) bond motifs is 1. The van der Waals surface area contributed by atoms with Crippen LogP contribution in [0.25, 0.3) is 4.96 Å². The van der Waals surface area contributed by atoms with Crippen LogP contribution in [-0.2, 0) is 0 Å². The third-order valence-corrected chi connectivity index (χ3v) is 5.74. The van der Waals surface area contributed by atoms with Gasteiger partial charge in [0.25, 0.3) is 11.5 Å². The largest absolute Gasteiger partial charge is 0.483 e. The lowest BCUT2D eigenvalue weighted by atomic mass is 10.3. The molecule has 0 radical (unpaired) electrons. The van der Waals surface area contributed by atoms with Crippen molar-refractivity contribution < 1.29 is 9.53 Å². The predicted octanol–water partition coefficient (Wildman–Crippen LogP) is 3.31. The Hall–Kier alpha value is -3.11. The van der Waals surface area contributed by atoms with Crippen LogP contribution in [0, 0.1) is 6.92 Å². The number of carbonyl (C=O) groups excluding carboxylic acids is 1. The lowest BCUT2D eigenvalue weighted by Crippen LogP contribution is -2.25. The quantitative estimate of drug-likeness (QED) is 0.539. The molecule has 8 nitrogen and oxygen atoms in total. The molecule has 0 saturated carbocycles. The zero-order valence-electron chi connectivity index (χ0n) is 14.9. The molecule has 28 heavy (non-hydrogen) atoms. The first-order valence-electron chi connectivity index (χ1n) is 8.35. The molecule has 1 amide bonds. The van der Waals surface area contributed by atoms with E-state index in [0.29, 0.717) is 15.7 Å². The SMILES string of the molecule is Cc1cn2c(=O)c(C(=O)Nc3nnc([C@@H](C)Oc4ccccc4)s3)cnc2s1. The van der Waals surface area contributed by atoms with E-state index in [1.807, 2.05) is 44.2 Å². The molecule has 1 N–H and O–H groups in total. The third-order valence-electron chi connectivity index (χ3n) is 3.83. The Balaban J connectivity index is 1.50. The number of rotatable bonds is 5. The van der Waals surface area contributed by atoms with Crippen molar-refractivity contribution in [3.63, 3.8) is 0 Å². The third kappa shape index (κ3) is 3.64. The summed E-state index contributed by atoms with van der Waals surface area (Å²) in [6.45, 7) is 3.72. The Morgan fingerprint density at radius 1 is 1.21 bits per heavy atom. The molecule has 4 aromatic rings. The van der Waals surface area contributed by atoms with Crippen LogP contribution in [0.4, 0.5) is 5.13 Å². The molecule has 10 heteroatoms. The zero-order chi connectivity index (χ0) is 19.7. The van der Waals surface area contributed by atoms with Crippen LogP contribution in [-0.4, -0.2) is 25.5 Å². The molecule has 0 bridgehead atoms. The maximum absolute atomic E-state index is 12.5. The number of nitrogens with one attached hydrogen (secondary N) is 1. The number of aryl methyl sites for hydroxylation is 1. The van der Waals surface area contributed by atoms with Crippen LogP contribution in [0.3, 0.4) is 0 Å². The summed E-state index contributed by atoms with van der Waals surface area (Å²) in [4.78, 5) is 30.7. The summed E-state index contributed by atoms with van der Waals surface area (Å²) in [6.07, 6.45) is 2.62. The highest BCUT2D eigenvalue weighted by Crippen LogP contribution is 2.26. The second kappa shape index (κ2) is 7.49. The molecule has 142 valence electrons. The first-order valence-corrected chi connectivity index (χ1v) is 9.99. The molecule has 0 spiro atoms. The van der Waals surface area contributed by atoms with Crippen molar-refractivity contribution in [3.8, 4) is 5.75 Å². The first-order chi connectivity index (χ1) is 13.5. The van der Waals surface area contributed by atoms with E-state index < -0.39 is 11.5 Å². The Labute approximate surface area is 167 Å². The van der Waals surface area contributed by atoms with Crippen molar-refractivity contribution in [2.75, 3.05) is 5.32 Å². The van der Waals surface area contributed by atoms with Gasteiger partial charge in [0.1, 0.15) is 17.4 Å². The van der Waals surface area contributed by atoms with E-state index >= 15 is 0 Å². The van der Waals surface area contributed by atoms with Crippen LogP contribution in [0.2, 0.25) is 0 Å². The lowest BCUT2D eigenvalue weighted by Gasteiger charge is -2.10. The fourth-order valence-electron chi connectivity index (χ4n) is 2.52. The number of carbonyl (C=O) groups is 1. The van der Waals surface area contributed by atoms with E-state index in [2.05, 4.69) is 20.5 Å². The van der Waals surface area contributed by atoms with Gasteiger partial charge in [0.15, 0.2) is 9.97 Å². The van der Waals surface area contributed by atoms with Gasteiger partial charge in [-0.1, -0.05) is 29.5 Å². The molecular weight excluding hydrogens is 398 g/mol. The van der Waals surface area contributed by atoms with Crippen LogP contribution >= 0.6 is 22.7 Å². The van der Waals surface area contributed by atoms with Crippen LogP contribution in [0.1, 0.15) is 33.3 Å². The van der Waals surface area contributed by atoms with Crippen molar-refractivity contribution >= 4 is 38.7 Å². The van der Waals surface area contributed by atoms with E-state index in [4.69, 9.17) is 4.74 Å². The van der Waals surface area contributed by atoms with Crippen molar-refractivity contribution in [1.29, 1.82) is 0 Å². The standard InChI is InChI=1S/C18H15N5O3S2/c1-10-9-23-16(25)13(8-19-18(23)27-10)14(24)20-17-22-21-15(28-17)11(2)26-12-6-4-3-5-7-12/h3-9,11H,1-2H3,(H,20,22,24)/t11-/m1/s1. The fourth-order valence-corrected chi connectivity index (χ4v) is 4.02.